The van der Waals surface area contributed by atoms with E-state index in [1.54, 1.807) is 6.20 Å². The number of hydrogen-bond donors (Lipinski definition) is 2. The predicted octanol–water partition coefficient (Wildman–Crippen LogP) is 1.46. The van der Waals surface area contributed by atoms with E-state index in [1.165, 1.54) is 0 Å². The Balaban J connectivity index is 0.00000220. The van der Waals surface area contributed by atoms with Crippen LogP contribution in [0, 0.1) is 5.92 Å². The number of hydrogen-bond acceptors (Lipinski definition) is 4. The highest BCUT2D eigenvalue weighted by Crippen LogP contribution is 2.26. The molecule has 0 saturated heterocycles. The van der Waals surface area contributed by atoms with Gasteiger partial charge in [-0.25, -0.2) is 4.98 Å². The highest BCUT2D eigenvalue weighted by atomic mass is 35.5. The average molecular weight is 352 g/mol. The van der Waals surface area contributed by atoms with Crippen molar-refractivity contribution in [3.8, 4) is 0 Å². The summed E-state index contributed by atoms with van der Waals surface area (Å²) in [5, 5.41) is 2.97. The van der Waals surface area contributed by atoms with E-state index in [9.17, 15) is 4.79 Å². The molecule has 0 aromatic carbocycles. The van der Waals surface area contributed by atoms with Gasteiger partial charge in [-0.05, 0) is 18.8 Å². The molecule has 2 rings (SSSR count). The first-order chi connectivity index (χ1) is 9.49. The second-order valence-corrected chi connectivity index (χ2v) is 5.84. The summed E-state index contributed by atoms with van der Waals surface area (Å²) in [5.41, 5.74) is 6.99. The van der Waals surface area contributed by atoms with Crippen LogP contribution in [0.4, 0.5) is 5.95 Å². The van der Waals surface area contributed by atoms with Gasteiger partial charge in [-0.1, -0.05) is 6.42 Å². The first kappa shape index (κ1) is 21.0. The second-order valence-electron chi connectivity index (χ2n) is 5.84. The maximum Gasteiger partial charge on any atom is 0.220 e. The minimum absolute atomic E-state index is 0. The molecule has 0 radical (unpaired) electrons. The molecular weight excluding hydrogens is 325 g/mol. The molecule has 0 bridgehead atoms. The van der Waals surface area contributed by atoms with Crippen LogP contribution in [-0.4, -0.2) is 35.6 Å². The van der Waals surface area contributed by atoms with E-state index in [-0.39, 0.29) is 36.8 Å². The standard InChI is InChI=1S/C14H25N5O.2ClH/c1-18(2)14-17-9-11(19(14)3)8-16-13(20)7-10-5-4-6-12(10)15;;/h9-10,12H,4-8,15H2,1-3H3,(H,16,20);2*1H/t10-,12+;;/m0../s1. The van der Waals surface area contributed by atoms with E-state index in [1.807, 2.05) is 30.6 Å². The van der Waals surface area contributed by atoms with Crippen molar-refractivity contribution < 1.29 is 4.79 Å². The van der Waals surface area contributed by atoms with Crippen molar-refractivity contribution in [1.82, 2.24) is 14.9 Å². The van der Waals surface area contributed by atoms with Crippen molar-refractivity contribution in [2.75, 3.05) is 19.0 Å². The Morgan fingerprint density at radius 2 is 2.14 bits per heavy atom. The average Bonchev–Trinajstić information content (AvgIpc) is 2.94. The van der Waals surface area contributed by atoms with Gasteiger partial charge < -0.3 is 20.5 Å². The Kier molecular flexibility index (Phi) is 8.81. The molecule has 1 aromatic heterocycles. The number of carbonyl (C=O) groups excluding carboxylic acids is 1. The monoisotopic (exact) mass is 351 g/mol. The fraction of sp³-hybridized carbons (Fsp3) is 0.714. The summed E-state index contributed by atoms with van der Waals surface area (Å²) < 4.78 is 1.99. The Labute approximate surface area is 144 Å². The summed E-state index contributed by atoms with van der Waals surface area (Å²) in [6, 6.07) is 0.192. The normalized spacial score (nSPS) is 20.0. The van der Waals surface area contributed by atoms with Gasteiger partial charge in [0.2, 0.25) is 11.9 Å². The lowest BCUT2D eigenvalue weighted by molar-refractivity contribution is -0.122. The molecule has 1 heterocycles. The molecule has 0 unspecified atom stereocenters. The molecule has 1 aliphatic rings. The van der Waals surface area contributed by atoms with Crippen molar-refractivity contribution >= 4 is 36.7 Å². The topological polar surface area (TPSA) is 76.2 Å². The maximum atomic E-state index is 12.0. The summed E-state index contributed by atoms with van der Waals surface area (Å²) in [6.07, 6.45) is 5.61. The fourth-order valence-electron chi connectivity index (χ4n) is 2.83. The van der Waals surface area contributed by atoms with Crippen molar-refractivity contribution in [2.24, 2.45) is 18.7 Å². The van der Waals surface area contributed by atoms with Crippen LogP contribution in [0.3, 0.4) is 0 Å². The zero-order chi connectivity index (χ0) is 14.7. The van der Waals surface area contributed by atoms with Gasteiger partial charge in [0.05, 0.1) is 18.4 Å². The second kappa shape index (κ2) is 9.22. The Hall–Kier alpha value is -0.980. The smallest absolute Gasteiger partial charge is 0.220 e. The van der Waals surface area contributed by atoms with Gasteiger partial charge in [-0.15, -0.1) is 24.8 Å². The lowest BCUT2D eigenvalue weighted by Crippen LogP contribution is -2.31. The number of rotatable bonds is 5. The van der Waals surface area contributed by atoms with E-state index < -0.39 is 0 Å². The van der Waals surface area contributed by atoms with Crippen LogP contribution in [-0.2, 0) is 18.4 Å². The molecule has 1 amide bonds. The Morgan fingerprint density at radius 1 is 1.45 bits per heavy atom. The van der Waals surface area contributed by atoms with Crippen LogP contribution < -0.4 is 16.0 Å². The molecule has 0 aliphatic heterocycles. The fourth-order valence-corrected chi connectivity index (χ4v) is 2.83. The van der Waals surface area contributed by atoms with Crippen LogP contribution in [0.25, 0.3) is 0 Å². The predicted molar refractivity (Wildman–Crippen MR) is 93.8 cm³/mol. The first-order valence-electron chi connectivity index (χ1n) is 7.19. The van der Waals surface area contributed by atoms with Crippen molar-refractivity contribution in [3.05, 3.63) is 11.9 Å². The number of nitrogens with zero attached hydrogens (tertiary/aromatic N) is 3. The van der Waals surface area contributed by atoms with Gasteiger partial charge in [0, 0.05) is 33.6 Å². The van der Waals surface area contributed by atoms with Gasteiger partial charge in [-0.3, -0.25) is 4.79 Å². The molecule has 1 fully saturated rings. The minimum atomic E-state index is 0. The summed E-state index contributed by atoms with van der Waals surface area (Å²) >= 11 is 0. The summed E-state index contributed by atoms with van der Waals surface area (Å²) in [4.78, 5) is 18.2. The minimum Gasteiger partial charge on any atom is -0.350 e. The van der Waals surface area contributed by atoms with Crippen molar-refractivity contribution in [3.63, 3.8) is 0 Å². The molecule has 1 saturated carbocycles. The van der Waals surface area contributed by atoms with Crippen LogP contribution >= 0.6 is 24.8 Å². The van der Waals surface area contributed by atoms with Crippen LogP contribution in [0.1, 0.15) is 31.4 Å². The largest absolute Gasteiger partial charge is 0.350 e. The van der Waals surface area contributed by atoms with Gasteiger partial charge in [0.25, 0.3) is 0 Å². The maximum absolute atomic E-state index is 12.0. The van der Waals surface area contributed by atoms with E-state index >= 15 is 0 Å². The third-order valence-corrected chi connectivity index (χ3v) is 4.09. The highest BCUT2D eigenvalue weighted by Gasteiger charge is 2.25. The van der Waals surface area contributed by atoms with Gasteiger partial charge in [-0.2, -0.15) is 0 Å². The van der Waals surface area contributed by atoms with Crippen LogP contribution in [0.5, 0.6) is 0 Å². The Bertz CT molecular complexity index is 478. The number of aromatic nitrogens is 2. The Morgan fingerprint density at radius 3 is 2.64 bits per heavy atom. The van der Waals surface area contributed by atoms with E-state index in [0.29, 0.717) is 18.9 Å². The van der Waals surface area contributed by atoms with Gasteiger partial charge in [0.1, 0.15) is 0 Å². The third kappa shape index (κ3) is 5.04. The molecule has 3 N–H and O–H groups in total. The molecule has 0 spiro atoms. The van der Waals surface area contributed by atoms with Gasteiger partial charge >= 0.3 is 0 Å². The number of nitrogens with two attached hydrogens (primary N) is 1. The van der Waals surface area contributed by atoms with Crippen LogP contribution in [0.2, 0.25) is 0 Å². The summed E-state index contributed by atoms with van der Waals surface area (Å²) in [5.74, 6) is 1.31. The van der Waals surface area contributed by atoms with E-state index in [2.05, 4.69) is 10.3 Å². The van der Waals surface area contributed by atoms with Crippen molar-refractivity contribution in [2.45, 2.75) is 38.3 Å². The summed E-state index contributed by atoms with van der Waals surface area (Å²) in [7, 11) is 5.86. The lowest BCUT2D eigenvalue weighted by atomic mass is 10.00. The van der Waals surface area contributed by atoms with E-state index in [0.717, 1.165) is 30.9 Å². The molecule has 6 nitrogen and oxygen atoms in total. The SMILES string of the molecule is CN(C)c1ncc(CNC(=O)C[C@@H]2CCC[C@H]2N)n1C.Cl.Cl. The lowest BCUT2D eigenvalue weighted by Gasteiger charge is -2.15. The molecular formula is C14H27Cl2N5O. The van der Waals surface area contributed by atoms with Crippen LogP contribution in [0.15, 0.2) is 6.20 Å². The number of anilines is 1. The molecule has 128 valence electrons. The number of imidazole rings is 1. The quantitative estimate of drug-likeness (QED) is 0.841. The first-order valence-corrected chi connectivity index (χ1v) is 7.19. The molecule has 1 aromatic rings. The number of nitrogens with one attached hydrogen (secondary N) is 1. The zero-order valence-electron chi connectivity index (χ0n) is 13.4. The molecule has 1 aliphatic carbocycles. The summed E-state index contributed by atoms with van der Waals surface area (Å²) in [6.45, 7) is 0.512. The number of halogens is 2. The zero-order valence-corrected chi connectivity index (χ0v) is 15.0. The van der Waals surface area contributed by atoms with Crippen molar-refractivity contribution in [1.29, 1.82) is 0 Å². The third-order valence-electron chi connectivity index (χ3n) is 4.09. The molecule has 2 atom stereocenters. The number of amides is 1. The van der Waals surface area contributed by atoms with E-state index in [4.69, 9.17) is 5.73 Å². The number of carbonyl (C=O) groups is 1. The molecule has 8 heteroatoms. The highest BCUT2D eigenvalue weighted by molar-refractivity contribution is 5.85. The van der Waals surface area contributed by atoms with Gasteiger partial charge in [0.15, 0.2) is 0 Å². The molecule has 22 heavy (non-hydrogen) atoms.